The lowest BCUT2D eigenvalue weighted by Crippen LogP contribution is -2.21. The molecule has 0 radical (unpaired) electrons. The number of carbonyl (C=O) groups is 1. The van der Waals surface area contributed by atoms with Crippen molar-refractivity contribution in [1.82, 2.24) is 15.2 Å². The SMILES string of the molecule is CCN(CC)c1ccc(Nc2ccc(NC(=O)c3cccnc3)nn2)c(C)c1. The van der Waals surface area contributed by atoms with E-state index in [0.29, 0.717) is 17.2 Å². The minimum absolute atomic E-state index is 0.272. The third kappa shape index (κ3) is 4.62. The Labute approximate surface area is 164 Å². The quantitative estimate of drug-likeness (QED) is 0.648. The van der Waals surface area contributed by atoms with Crippen LogP contribution >= 0.6 is 0 Å². The molecule has 7 heteroatoms. The van der Waals surface area contributed by atoms with Gasteiger partial charge in [0.05, 0.1) is 5.56 Å². The number of aromatic nitrogens is 3. The molecule has 2 N–H and O–H groups in total. The number of nitrogens with one attached hydrogen (secondary N) is 2. The molecule has 28 heavy (non-hydrogen) atoms. The molecule has 0 saturated carbocycles. The Bertz CT molecular complexity index is 923. The first-order valence-electron chi connectivity index (χ1n) is 9.28. The highest BCUT2D eigenvalue weighted by Crippen LogP contribution is 2.25. The van der Waals surface area contributed by atoms with Gasteiger partial charge in [-0.25, -0.2) is 0 Å². The number of pyridine rings is 1. The van der Waals surface area contributed by atoms with E-state index < -0.39 is 0 Å². The number of nitrogens with zero attached hydrogens (tertiary/aromatic N) is 4. The van der Waals surface area contributed by atoms with Crippen molar-refractivity contribution in [3.63, 3.8) is 0 Å². The van der Waals surface area contributed by atoms with Gasteiger partial charge in [-0.1, -0.05) is 0 Å². The van der Waals surface area contributed by atoms with Crippen LogP contribution in [0.1, 0.15) is 29.8 Å². The van der Waals surface area contributed by atoms with Crippen LogP contribution in [0.2, 0.25) is 0 Å². The number of benzene rings is 1. The van der Waals surface area contributed by atoms with Crippen LogP contribution in [0.15, 0.2) is 54.9 Å². The van der Waals surface area contributed by atoms with E-state index in [0.717, 1.165) is 24.3 Å². The van der Waals surface area contributed by atoms with Crippen LogP contribution in [-0.4, -0.2) is 34.2 Å². The number of anilines is 4. The highest BCUT2D eigenvalue weighted by molar-refractivity contribution is 6.03. The second-order valence-electron chi connectivity index (χ2n) is 6.30. The monoisotopic (exact) mass is 376 g/mol. The molecule has 1 amide bonds. The van der Waals surface area contributed by atoms with Gasteiger partial charge in [0.25, 0.3) is 5.91 Å². The van der Waals surface area contributed by atoms with E-state index in [-0.39, 0.29) is 5.91 Å². The normalized spacial score (nSPS) is 10.4. The first kappa shape index (κ1) is 19.3. The Morgan fingerprint density at radius 1 is 1.04 bits per heavy atom. The second-order valence-corrected chi connectivity index (χ2v) is 6.30. The summed E-state index contributed by atoms with van der Waals surface area (Å²) in [6.45, 7) is 8.30. The van der Waals surface area contributed by atoms with E-state index in [1.165, 1.54) is 11.9 Å². The number of hydrogen-bond acceptors (Lipinski definition) is 6. The summed E-state index contributed by atoms with van der Waals surface area (Å²) in [6.07, 6.45) is 3.12. The van der Waals surface area contributed by atoms with E-state index >= 15 is 0 Å². The fraction of sp³-hybridized carbons (Fsp3) is 0.238. The lowest BCUT2D eigenvalue weighted by molar-refractivity contribution is 0.102. The zero-order chi connectivity index (χ0) is 19.9. The third-order valence-corrected chi connectivity index (χ3v) is 4.43. The molecule has 0 unspecified atom stereocenters. The largest absolute Gasteiger partial charge is 0.372 e. The minimum atomic E-state index is -0.272. The summed E-state index contributed by atoms with van der Waals surface area (Å²) in [7, 11) is 0. The van der Waals surface area contributed by atoms with E-state index in [9.17, 15) is 4.79 Å². The van der Waals surface area contributed by atoms with Crippen LogP contribution in [0.25, 0.3) is 0 Å². The van der Waals surface area contributed by atoms with E-state index in [4.69, 9.17) is 0 Å². The highest BCUT2D eigenvalue weighted by atomic mass is 16.1. The Balaban J connectivity index is 1.66. The Kier molecular flexibility index (Phi) is 6.16. The third-order valence-electron chi connectivity index (χ3n) is 4.43. The van der Waals surface area contributed by atoms with Crippen molar-refractivity contribution < 1.29 is 4.79 Å². The maximum absolute atomic E-state index is 12.1. The van der Waals surface area contributed by atoms with Gasteiger partial charge in [-0.3, -0.25) is 9.78 Å². The van der Waals surface area contributed by atoms with Gasteiger partial charge in [0.2, 0.25) is 0 Å². The molecule has 2 heterocycles. The summed E-state index contributed by atoms with van der Waals surface area (Å²) in [6, 6.07) is 13.2. The predicted molar refractivity (Wildman–Crippen MR) is 112 cm³/mol. The lowest BCUT2D eigenvalue weighted by Gasteiger charge is -2.22. The van der Waals surface area contributed by atoms with Crippen LogP contribution in [-0.2, 0) is 0 Å². The van der Waals surface area contributed by atoms with Gasteiger partial charge in [-0.05, 0) is 68.8 Å². The molecule has 0 bridgehead atoms. The van der Waals surface area contributed by atoms with Gasteiger partial charge >= 0.3 is 0 Å². The van der Waals surface area contributed by atoms with Crippen molar-refractivity contribution in [1.29, 1.82) is 0 Å². The van der Waals surface area contributed by atoms with Crippen LogP contribution in [0.3, 0.4) is 0 Å². The zero-order valence-electron chi connectivity index (χ0n) is 16.3. The molecule has 3 rings (SSSR count). The van der Waals surface area contributed by atoms with E-state index in [1.54, 1.807) is 30.5 Å². The molecule has 3 aromatic rings. The number of hydrogen-bond donors (Lipinski definition) is 2. The van der Waals surface area contributed by atoms with Gasteiger partial charge in [0.15, 0.2) is 11.6 Å². The maximum Gasteiger partial charge on any atom is 0.258 e. The average Bonchev–Trinajstić information content (AvgIpc) is 2.73. The summed E-state index contributed by atoms with van der Waals surface area (Å²) in [5.74, 6) is 0.719. The van der Waals surface area contributed by atoms with E-state index in [2.05, 4.69) is 63.6 Å². The van der Waals surface area contributed by atoms with Crippen molar-refractivity contribution in [2.45, 2.75) is 20.8 Å². The predicted octanol–water partition coefficient (Wildman–Crippen LogP) is 4.02. The van der Waals surface area contributed by atoms with Crippen LogP contribution in [0, 0.1) is 6.92 Å². The Morgan fingerprint density at radius 2 is 1.79 bits per heavy atom. The maximum atomic E-state index is 12.1. The fourth-order valence-corrected chi connectivity index (χ4v) is 2.86. The molecule has 7 nitrogen and oxygen atoms in total. The zero-order valence-corrected chi connectivity index (χ0v) is 16.3. The Hall–Kier alpha value is -3.48. The van der Waals surface area contributed by atoms with Crippen molar-refractivity contribution in [2.24, 2.45) is 0 Å². The van der Waals surface area contributed by atoms with Crippen molar-refractivity contribution >= 4 is 28.9 Å². The molecule has 0 saturated heterocycles. The van der Waals surface area contributed by atoms with Gasteiger partial charge < -0.3 is 15.5 Å². The molecule has 0 fully saturated rings. The fourth-order valence-electron chi connectivity index (χ4n) is 2.86. The number of carbonyl (C=O) groups excluding carboxylic acids is 1. The first-order valence-corrected chi connectivity index (χ1v) is 9.28. The van der Waals surface area contributed by atoms with Crippen molar-refractivity contribution in [3.8, 4) is 0 Å². The molecule has 144 valence electrons. The molecule has 0 atom stereocenters. The summed E-state index contributed by atoms with van der Waals surface area (Å²) in [4.78, 5) is 18.4. The lowest BCUT2D eigenvalue weighted by atomic mass is 10.1. The smallest absolute Gasteiger partial charge is 0.258 e. The second kappa shape index (κ2) is 8.94. The Morgan fingerprint density at radius 3 is 2.39 bits per heavy atom. The summed E-state index contributed by atoms with van der Waals surface area (Å²) < 4.78 is 0. The van der Waals surface area contributed by atoms with Gasteiger partial charge in [0, 0.05) is 36.9 Å². The minimum Gasteiger partial charge on any atom is -0.372 e. The molecule has 0 aliphatic rings. The molecule has 0 aliphatic heterocycles. The molecular formula is C21H24N6O. The number of amides is 1. The van der Waals surface area contributed by atoms with Gasteiger partial charge in [-0.2, -0.15) is 0 Å². The van der Waals surface area contributed by atoms with Crippen molar-refractivity contribution in [2.75, 3.05) is 28.6 Å². The number of rotatable bonds is 7. The van der Waals surface area contributed by atoms with Gasteiger partial charge in [0.1, 0.15) is 0 Å². The molecule has 1 aromatic carbocycles. The molecule has 0 aliphatic carbocycles. The highest BCUT2D eigenvalue weighted by Gasteiger charge is 2.08. The molecule has 0 spiro atoms. The van der Waals surface area contributed by atoms with Gasteiger partial charge in [-0.15, -0.1) is 10.2 Å². The van der Waals surface area contributed by atoms with Crippen LogP contribution in [0.4, 0.5) is 23.0 Å². The average molecular weight is 376 g/mol. The summed E-state index contributed by atoms with van der Waals surface area (Å²) >= 11 is 0. The topological polar surface area (TPSA) is 83.0 Å². The molecular weight excluding hydrogens is 352 g/mol. The molecule has 2 aromatic heterocycles. The van der Waals surface area contributed by atoms with Crippen LogP contribution in [0.5, 0.6) is 0 Å². The van der Waals surface area contributed by atoms with Crippen LogP contribution < -0.4 is 15.5 Å². The summed E-state index contributed by atoms with van der Waals surface area (Å²) in [5.41, 5.74) is 3.76. The first-order chi connectivity index (χ1) is 13.6. The standard InChI is InChI=1S/C21H24N6O/c1-4-27(5-2)17-8-9-18(15(3)13-17)23-19-10-11-20(26-25-19)24-21(28)16-7-6-12-22-14-16/h6-14H,4-5H2,1-3H3,(H,23,25)(H,24,26,28). The van der Waals surface area contributed by atoms with E-state index in [1.807, 2.05) is 6.07 Å². The van der Waals surface area contributed by atoms with Crippen molar-refractivity contribution in [3.05, 3.63) is 66.0 Å². The summed E-state index contributed by atoms with van der Waals surface area (Å²) in [5, 5.41) is 14.2. The number of aryl methyl sites for hydroxylation is 1.